The number of rotatable bonds is 9. The largest absolute Gasteiger partial charge is 0.493 e. The Kier molecular flexibility index (Phi) is 7.51. The number of carbonyl (C=O) groups is 1. The van der Waals surface area contributed by atoms with E-state index in [9.17, 15) is 9.18 Å². The van der Waals surface area contributed by atoms with Gasteiger partial charge in [0.25, 0.3) is 5.91 Å². The van der Waals surface area contributed by atoms with Gasteiger partial charge in [-0.3, -0.25) is 20.0 Å². The molecule has 1 amide bonds. The molecule has 4 aromatic rings. The molecule has 6 N–H and O–H groups in total. The molecule has 1 aliphatic heterocycles. The summed E-state index contributed by atoms with van der Waals surface area (Å²) in [5.41, 5.74) is 8.40. The highest BCUT2D eigenvalue weighted by Crippen LogP contribution is 2.33. The van der Waals surface area contributed by atoms with Crippen LogP contribution in [0, 0.1) is 11.7 Å². The quantitative estimate of drug-likeness (QED) is 0.257. The maximum atomic E-state index is 14.0. The lowest BCUT2D eigenvalue weighted by Gasteiger charge is -2.37. The summed E-state index contributed by atoms with van der Waals surface area (Å²) in [6, 6.07) is 11.6. The SMILES string of the molecule is COc1cc(N2CCN(CC(C)C)CC2)ccc1Nc1nc(Nc2cc(F)ccc2C(N)=O)c2cc[nH]c2[nH+]1. The summed E-state index contributed by atoms with van der Waals surface area (Å²) in [4.78, 5) is 27.8. The lowest BCUT2D eigenvalue weighted by atomic mass is 10.1. The molecule has 11 heteroatoms. The summed E-state index contributed by atoms with van der Waals surface area (Å²) in [6.45, 7) is 9.62. The van der Waals surface area contributed by atoms with Crippen molar-refractivity contribution in [3.8, 4) is 5.75 Å². The molecule has 0 atom stereocenters. The third-order valence-electron chi connectivity index (χ3n) is 6.77. The van der Waals surface area contributed by atoms with Crippen molar-refractivity contribution in [2.75, 3.05) is 55.4 Å². The predicted octanol–water partition coefficient (Wildman–Crippen LogP) is 3.89. The highest BCUT2D eigenvalue weighted by molar-refractivity contribution is 6.00. The number of aromatic amines is 2. The second-order valence-corrected chi connectivity index (χ2v) is 10.1. The number of ether oxygens (including phenoxy) is 1. The second kappa shape index (κ2) is 11.2. The Hall–Kier alpha value is -4.38. The molecular formula is C28H34FN8O2+. The highest BCUT2D eigenvalue weighted by atomic mass is 19.1. The number of anilines is 5. The smallest absolute Gasteiger partial charge is 0.351 e. The second-order valence-electron chi connectivity index (χ2n) is 10.1. The third-order valence-corrected chi connectivity index (χ3v) is 6.77. The molecule has 2 aromatic carbocycles. The molecule has 0 spiro atoms. The number of nitrogens with two attached hydrogens (primary N) is 1. The number of aromatic nitrogens is 3. The zero-order chi connectivity index (χ0) is 27.5. The molecule has 1 aliphatic rings. The molecule has 0 aliphatic carbocycles. The minimum Gasteiger partial charge on any atom is -0.493 e. The molecular weight excluding hydrogens is 499 g/mol. The van der Waals surface area contributed by atoms with Crippen LogP contribution in [0.25, 0.3) is 11.0 Å². The van der Waals surface area contributed by atoms with Crippen LogP contribution >= 0.6 is 0 Å². The Balaban J connectivity index is 1.39. The van der Waals surface area contributed by atoms with E-state index in [1.807, 2.05) is 18.2 Å². The van der Waals surface area contributed by atoms with E-state index in [0.29, 0.717) is 29.1 Å². The Morgan fingerprint density at radius 1 is 1.13 bits per heavy atom. The van der Waals surface area contributed by atoms with Gasteiger partial charge in [0.15, 0.2) is 5.75 Å². The minimum absolute atomic E-state index is 0.159. The van der Waals surface area contributed by atoms with E-state index in [0.717, 1.165) is 49.5 Å². The zero-order valence-electron chi connectivity index (χ0n) is 22.3. The van der Waals surface area contributed by atoms with Gasteiger partial charge in [0.1, 0.15) is 11.5 Å². The molecule has 0 unspecified atom stereocenters. The first kappa shape index (κ1) is 26.2. The third kappa shape index (κ3) is 5.88. The molecule has 0 saturated carbocycles. The zero-order valence-corrected chi connectivity index (χ0v) is 22.3. The first-order valence-corrected chi connectivity index (χ1v) is 13.0. The van der Waals surface area contributed by atoms with Crippen molar-refractivity contribution in [3.63, 3.8) is 0 Å². The standard InChI is InChI=1S/C28H33FN8O2/c1-17(2)16-36-10-12-37(13-11-36)19-5-7-22(24(15-19)39-3)33-28-34-26-21(8-9-31-26)27(35-28)32-23-14-18(29)4-6-20(23)25(30)38/h4-9,14-15,17H,10-13,16H2,1-3H3,(H2,30,38)(H3,31,32,33,34,35)/p+1. The number of benzene rings is 2. The van der Waals surface area contributed by atoms with Crippen LogP contribution in [0.1, 0.15) is 24.2 Å². The Labute approximate surface area is 226 Å². The summed E-state index contributed by atoms with van der Waals surface area (Å²) >= 11 is 0. The molecule has 39 heavy (non-hydrogen) atoms. The molecule has 1 saturated heterocycles. The van der Waals surface area contributed by atoms with Crippen molar-refractivity contribution in [3.05, 3.63) is 60.0 Å². The lowest BCUT2D eigenvalue weighted by Crippen LogP contribution is -2.47. The van der Waals surface area contributed by atoms with Crippen LogP contribution in [0.5, 0.6) is 5.75 Å². The van der Waals surface area contributed by atoms with E-state index in [4.69, 9.17) is 10.5 Å². The van der Waals surface area contributed by atoms with Gasteiger partial charge in [0, 0.05) is 50.7 Å². The van der Waals surface area contributed by atoms with Crippen LogP contribution in [-0.4, -0.2) is 60.6 Å². The van der Waals surface area contributed by atoms with Gasteiger partial charge in [-0.1, -0.05) is 18.8 Å². The van der Waals surface area contributed by atoms with Gasteiger partial charge in [-0.05, 0) is 42.3 Å². The maximum Gasteiger partial charge on any atom is 0.351 e. The van der Waals surface area contributed by atoms with Crippen molar-refractivity contribution in [2.45, 2.75) is 13.8 Å². The first-order chi connectivity index (χ1) is 18.8. The summed E-state index contributed by atoms with van der Waals surface area (Å²) in [7, 11) is 1.64. The van der Waals surface area contributed by atoms with Crippen LogP contribution in [-0.2, 0) is 0 Å². The topological polar surface area (TPSA) is 126 Å². The number of halogens is 1. The Morgan fingerprint density at radius 3 is 2.64 bits per heavy atom. The van der Waals surface area contributed by atoms with Crippen molar-refractivity contribution < 1.29 is 18.9 Å². The average molecular weight is 534 g/mol. The van der Waals surface area contributed by atoms with Gasteiger partial charge >= 0.3 is 5.95 Å². The van der Waals surface area contributed by atoms with Crippen LogP contribution in [0.2, 0.25) is 0 Å². The average Bonchev–Trinajstić information content (AvgIpc) is 3.38. The fourth-order valence-corrected chi connectivity index (χ4v) is 4.92. The van der Waals surface area contributed by atoms with Crippen LogP contribution < -0.4 is 31.0 Å². The van der Waals surface area contributed by atoms with Crippen LogP contribution in [0.3, 0.4) is 0 Å². The van der Waals surface area contributed by atoms with E-state index >= 15 is 0 Å². The minimum atomic E-state index is -0.671. The number of fused-ring (bicyclic) bond motifs is 1. The number of methoxy groups -OCH3 is 1. The molecule has 0 radical (unpaired) electrons. The van der Waals surface area contributed by atoms with E-state index in [2.05, 4.69) is 55.3 Å². The Bertz CT molecular complexity index is 1480. The summed E-state index contributed by atoms with van der Waals surface area (Å²) in [6.07, 6.45) is 1.76. The fourth-order valence-electron chi connectivity index (χ4n) is 4.92. The summed E-state index contributed by atoms with van der Waals surface area (Å²) in [5, 5.41) is 7.09. The highest BCUT2D eigenvalue weighted by Gasteiger charge is 2.21. The maximum absolute atomic E-state index is 14.0. The predicted molar refractivity (Wildman–Crippen MR) is 151 cm³/mol. The first-order valence-electron chi connectivity index (χ1n) is 13.0. The number of carbonyl (C=O) groups excluding carboxylic acids is 1. The van der Waals surface area contributed by atoms with Gasteiger partial charge in [-0.15, -0.1) is 0 Å². The lowest BCUT2D eigenvalue weighted by molar-refractivity contribution is -0.333. The Morgan fingerprint density at radius 2 is 1.92 bits per heavy atom. The number of nitrogens with zero attached hydrogens (tertiary/aromatic N) is 3. The molecule has 10 nitrogen and oxygen atoms in total. The van der Waals surface area contributed by atoms with Crippen molar-refractivity contribution in [1.29, 1.82) is 0 Å². The number of hydrogen-bond acceptors (Lipinski definition) is 7. The normalized spacial score (nSPS) is 14.1. The fraction of sp³-hybridized carbons (Fsp3) is 0.321. The van der Waals surface area contributed by atoms with E-state index in [-0.39, 0.29) is 11.3 Å². The monoisotopic (exact) mass is 533 g/mol. The van der Waals surface area contributed by atoms with Crippen LogP contribution in [0.4, 0.5) is 33.2 Å². The molecule has 1 fully saturated rings. The van der Waals surface area contributed by atoms with Crippen molar-refractivity contribution >= 4 is 45.8 Å². The van der Waals surface area contributed by atoms with Gasteiger partial charge in [-0.25, -0.2) is 9.37 Å². The number of primary amides is 1. The number of hydrogen-bond donors (Lipinski definition) is 4. The van der Waals surface area contributed by atoms with Gasteiger partial charge < -0.3 is 20.7 Å². The number of amides is 1. The number of H-pyrrole nitrogens is 2. The summed E-state index contributed by atoms with van der Waals surface area (Å²) < 4.78 is 19.7. The van der Waals surface area contributed by atoms with Crippen LogP contribution in [0.15, 0.2) is 48.7 Å². The number of piperazine rings is 1. The van der Waals surface area contributed by atoms with E-state index in [1.165, 1.54) is 18.2 Å². The van der Waals surface area contributed by atoms with Gasteiger partial charge in [-0.2, -0.15) is 0 Å². The molecule has 3 heterocycles. The van der Waals surface area contributed by atoms with Crippen molar-refractivity contribution in [1.82, 2.24) is 14.9 Å². The van der Waals surface area contributed by atoms with E-state index in [1.54, 1.807) is 13.3 Å². The van der Waals surface area contributed by atoms with Crippen molar-refractivity contribution in [2.24, 2.45) is 11.7 Å². The van der Waals surface area contributed by atoms with Gasteiger partial charge in [0.2, 0.25) is 11.5 Å². The molecule has 2 aromatic heterocycles. The number of nitrogens with one attached hydrogen (secondary N) is 4. The molecule has 204 valence electrons. The molecule has 0 bridgehead atoms. The van der Waals surface area contributed by atoms with E-state index < -0.39 is 11.7 Å². The van der Waals surface area contributed by atoms with Gasteiger partial charge in [0.05, 0.1) is 23.7 Å². The summed E-state index contributed by atoms with van der Waals surface area (Å²) in [5.74, 6) is 0.991. The molecule has 5 rings (SSSR count).